The average molecular weight is 647 g/mol. The predicted octanol–water partition coefficient (Wildman–Crippen LogP) is 2.62. The third kappa shape index (κ3) is 6.85. The number of hydrogen-bond acceptors (Lipinski definition) is 11. The number of carbonyl (C=O) groups excluding carboxylic acids is 1. The van der Waals surface area contributed by atoms with Crippen molar-refractivity contribution in [1.82, 2.24) is 14.6 Å². The summed E-state index contributed by atoms with van der Waals surface area (Å²) >= 11 is 5.64. The van der Waals surface area contributed by atoms with Crippen LogP contribution in [0.3, 0.4) is 0 Å². The molecule has 1 unspecified atom stereocenters. The van der Waals surface area contributed by atoms with Gasteiger partial charge in [0.2, 0.25) is 0 Å². The number of anilines is 1. The molecule has 1 aliphatic heterocycles. The van der Waals surface area contributed by atoms with Crippen molar-refractivity contribution in [2.24, 2.45) is 0 Å². The van der Waals surface area contributed by atoms with Crippen molar-refractivity contribution >= 4 is 41.0 Å². The molecule has 3 aromatic rings. The third-order valence-corrected chi connectivity index (χ3v) is 8.99. The van der Waals surface area contributed by atoms with Gasteiger partial charge in [-0.1, -0.05) is 36.4 Å². The molecule has 0 aliphatic carbocycles. The fraction of sp³-hybridized carbons (Fsp3) is 0.423. The van der Waals surface area contributed by atoms with E-state index < -0.39 is 79.2 Å². The largest absolute Gasteiger partial charge is 0.462 e. The fourth-order valence-corrected chi connectivity index (χ4v) is 6.76. The SMILES string of the molecule is CC(C)OC(=O)[C@H](C)NP(=S)(OC[C@@]1(C(F)F)O[C@@H](n2cc(F)c(N)nc2=O)[C@H](O)[C@H]1O)Oc1cccc2ccccc12. The maximum Gasteiger partial charge on any atom is 0.351 e. The lowest BCUT2D eigenvalue weighted by Crippen LogP contribution is -2.53. The van der Waals surface area contributed by atoms with Gasteiger partial charge in [-0.15, -0.1) is 0 Å². The Morgan fingerprint density at radius 1 is 1.23 bits per heavy atom. The van der Waals surface area contributed by atoms with Gasteiger partial charge in [0.25, 0.3) is 6.43 Å². The van der Waals surface area contributed by atoms with Crippen molar-refractivity contribution in [1.29, 1.82) is 0 Å². The quantitative estimate of drug-likeness (QED) is 0.178. The minimum atomic E-state index is -3.98. The van der Waals surface area contributed by atoms with Crippen LogP contribution in [0.25, 0.3) is 10.8 Å². The number of rotatable bonds is 11. The highest BCUT2D eigenvalue weighted by molar-refractivity contribution is 8.09. The molecule has 0 bridgehead atoms. The second-order valence-electron chi connectivity index (χ2n) is 10.0. The van der Waals surface area contributed by atoms with Crippen molar-refractivity contribution in [3.8, 4) is 5.75 Å². The van der Waals surface area contributed by atoms with E-state index in [0.29, 0.717) is 16.2 Å². The highest BCUT2D eigenvalue weighted by Crippen LogP contribution is 2.50. The highest BCUT2D eigenvalue weighted by atomic mass is 32.5. The van der Waals surface area contributed by atoms with Gasteiger partial charge in [-0.25, -0.2) is 23.1 Å². The summed E-state index contributed by atoms with van der Waals surface area (Å²) < 4.78 is 66.2. The standard InChI is InChI=1S/C26H30F3N4O8PS/c1-13(2)39-23(36)14(3)32-42(43,41-18-10-6-8-15-7-4-5-9-16(15)18)38-12-26(24(28)29)20(35)19(34)22(40-26)33-11-17(27)21(30)31-25(33)37/h4-11,13-14,19-20,22,24,34-35H,12H2,1-3H3,(H,32,43)(H2,30,31,37)/t14-,19+,20+,22+,26+,42?/m0/s1. The van der Waals surface area contributed by atoms with Gasteiger partial charge in [-0.05, 0) is 44.0 Å². The van der Waals surface area contributed by atoms with Gasteiger partial charge in [0.15, 0.2) is 23.5 Å². The van der Waals surface area contributed by atoms with Crippen LogP contribution in [-0.4, -0.2) is 68.7 Å². The first-order valence-electron chi connectivity index (χ1n) is 12.9. The molecular formula is C26H30F3N4O8PS. The number of benzene rings is 2. The van der Waals surface area contributed by atoms with Crippen LogP contribution in [0.4, 0.5) is 19.0 Å². The Hall–Kier alpha value is -3.11. The van der Waals surface area contributed by atoms with Crippen LogP contribution in [-0.2, 0) is 30.6 Å². The Morgan fingerprint density at radius 3 is 2.58 bits per heavy atom. The van der Waals surface area contributed by atoms with Crippen LogP contribution >= 0.6 is 6.64 Å². The molecule has 2 heterocycles. The molecule has 0 amide bonds. The maximum atomic E-state index is 14.7. The van der Waals surface area contributed by atoms with Crippen molar-refractivity contribution in [2.45, 2.75) is 63.4 Å². The number of nitrogens with zero attached hydrogens (tertiary/aromatic N) is 2. The summed E-state index contributed by atoms with van der Waals surface area (Å²) in [5, 5.41) is 25.5. The zero-order valence-electron chi connectivity index (χ0n) is 23.1. The van der Waals surface area contributed by atoms with Gasteiger partial charge >= 0.3 is 18.3 Å². The van der Waals surface area contributed by atoms with Crippen LogP contribution in [0.5, 0.6) is 5.75 Å². The zero-order valence-corrected chi connectivity index (χ0v) is 24.8. The van der Waals surface area contributed by atoms with Crippen LogP contribution in [0, 0.1) is 5.82 Å². The molecule has 1 aliphatic rings. The zero-order chi connectivity index (χ0) is 31.7. The lowest BCUT2D eigenvalue weighted by atomic mass is 9.96. The number of fused-ring (bicyclic) bond motifs is 1. The molecule has 1 aromatic heterocycles. The van der Waals surface area contributed by atoms with Crippen molar-refractivity contribution < 1.29 is 46.7 Å². The van der Waals surface area contributed by atoms with Gasteiger partial charge in [0.1, 0.15) is 24.0 Å². The first kappa shape index (κ1) is 32.8. The number of hydrogen-bond donors (Lipinski definition) is 4. The number of ether oxygens (including phenoxy) is 2. The number of aliphatic hydroxyl groups excluding tert-OH is 2. The van der Waals surface area contributed by atoms with E-state index in [9.17, 15) is 33.0 Å². The number of carbonyl (C=O) groups is 1. The topological polar surface area (TPSA) is 167 Å². The van der Waals surface area contributed by atoms with Crippen molar-refractivity contribution in [3.63, 3.8) is 0 Å². The molecule has 12 nitrogen and oxygen atoms in total. The van der Waals surface area contributed by atoms with E-state index in [1.165, 1.54) is 6.92 Å². The smallest absolute Gasteiger partial charge is 0.351 e. The Kier molecular flexibility index (Phi) is 9.81. The number of nitrogen functional groups attached to an aromatic ring is 1. The van der Waals surface area contributed by atoms with Crippen molar-refractivity contribution in [2.75, 3.05) is 12.3 Å². The second kappa shape index (κ2) is 12.9. The number of nitrogens with one attached hydrogen (secondary N) is 1. The minimum absolute atomic E-state index is 0.199. The molecule has 0 radical (unpaired) electrons. The molecule has 1 saturated heterocycles. The Labute approximate surface area is 248 Å². The molecule has 6 atom stereocenters. The van der Waals surface area contributed by atoms with E-state index in [4.69, 9.17) is 36.1 Å². The summed E-state index contributed by atoms with van der Waals surface area (Å²) in [6.45, 7) is -0.509. The third-order valence-electron chi connectivity index (χ3n) is 6.52. The van der Waals surface area contributed by atoms with Crippen LogP contribution in [0.1, 0.15) is 27.0 Å². The second-order valence-corrected chi connectivity index (χ2v) is 13.2. The van der Waals surface area contributed by atoms with E-state index >= 15 is 0 Å². The first-order chi connectivity index (χ1) is 20.2. The maximum absolute atomic E-state index is 14.7. The van der Waals surface area contributed by atoms with Gasteiger partial charge < -0.3 is 34.5 Å². The van der Waals surface area contributed by atoms with Gasteiger partial charge in [0, 0.05) is 5.39 Å². The van der Waals surface area contributed by atoms with Crippen LogP contribution < -0.4 is 21.0 Å². The summed E-state index contributed by atoms with van der Waals surface area (Å²) in [4.78, 5) is 28.1. The molecule has 43 heavy (non-hydrogen) atoms. The van der Waals surface area contributed by atoms with Gasteiger partial charge in [-0.2, -0.15) is 4.98 Å². The minimum Gasteiger partial charge on any atom is -0.462 e. The summed E-state index contributed by atoms with van der Waals surface area (Å²) in [6, 6.07) is 10.9. The fourth-order valence-electron chi connectivity index (χ4n) is 4.34. The average Bonchev–Trinajstić information content (AvgIpc) is 3.20. The summed E-state index contributed by atoms with van der Waals surface area (Å²) in [7, 11) is 0. The molecule has 0 spiro atoms. The molecule has 17 heteroatoms. The molecule has 2 aromatic carbocycles. The molecule has 4 rings (SSSR count). The lowest BCUT2D eigenvalue weighted by molar-refractivity contribution is -0.192. The number of halogens is 3. The Bertz CT molecular complexity index is 1590. The van der Waals surface area contributed by atoms with E-state index in [1.54, 1.807) is 56.3 Å². The summed E-state index contributed by atoms with van der Waals surface area (Å²) in [5.74, 6) is -2.49. The monoisotopic (exact) mass is 646 g/mol. The highest BCUT2D eigenvalue weighted by Gasteiger charge is 2.61. The van der Waals surface area contributed by atoms with Gasteiger partial charge in [0.05, 0.1) is 18.9 Å². The molecular weight excluding hydrogens is 616 g/mol. The summed E-state index contributed by atoms with van der Waals surface area (Å²) in [5.41, 5.74) is 1.06. The molecule has 5 N–H and O–H groups in total. The summed E-state index contributed by atoms with van der Waals surface area (Å²) in [6.07, 6.45) is -10.0. The lowest BCUT2D eigenvalue weighted by Gasteiger charge is -2.34. The number of nitrogens with two attached hydrogens (primary N) is 1. The number of aliphatic hydroxyl groups is 2. The normalized spacial score (nSPS) is 24.3. The van der Waals surface area contributed by atoms with E-state index in [2.05, 4.69) is 10.1 Å². The molecule has 1 fully saturated rings. The predicted molar refractivity (Wildman–Crippen MR) is 152 cm³/mol. The number of aromatic nitrogens is 2. The van der Waals surface area contributed by atoms with Gasteiger partial charge in [-0.3, -0.25) is 9.36 Å². The number of alkyl halides is 2. The van der Waals surface area contributed by atoms with E-state index in [0.717, 1.165) is 5.39 Å². The molecule has 0 saturated carbocycles. The molecule has 234 valence electrons. The Morgan fingerprint density at radius 2 is 1.91 bits per heavy atom. The Balaban J connectivity index is 1.69. The number of esters is 1. The van der Waals surface area contributed by atoms with Crippen LogP contribution in [0.15, 0.2) is 53.5 Å². The van der Waals surface area contributed by atoms with E-state index in [-0.39, 0.29) is 5.75 Å². The van der Waals surface area contributed by atoms with Crippen molar-refractivity contribution in [3.05, 3.63) is 65.0 Å². The first-order valence-corrected chi connectivity index (χ1v) is 15.6. The van der Waals surface area contributed by atoms with Crippen LogP contribution in [0.2, 0.25) is 0 Å². The van der Waals surface area contributed by atoms with E-state index in [1.807, 2.05) is 0 Å².